The molecule has 0 bridgehead atoms. The summed E-state index contributed by atoms with van der Waals surface area (Å²) in [6, 6.07) is 0. The SMILES string of the molecule is COc1c2c(c(C)c(C(C)=O)c1OC)[C@@H](C)CCC2. The number of ether oxygens (including phenoxy) is 2. The minimum Gasteiger partial charge on any atom is -0.493 e. The highest BCUT2D eigenvalue weighted by atomic mass is 16.5. The molecule has 3 heteroatoms. The quantitative estimate of drug-likeness (QED) is 0.780. The second kappa shape index (κ2) is 5.24. The summed E-state index contributed by atoms with van der Waals surface area (Å²) in [5.41, 5.74) is 4.24. The van der Waals surface area contributed by atoms with Gasteiger partial charge < -0.3 is 9.47 Å². The fourth-order valence-electron chi connectivity index (χ4n) is 3.38. The van der Waals surface area contributed by atoms with Crippen molar-refractivity contribution in [3.63, 3.8) is 0 Å². The van der Waals surface area contributed by atoms with Crippen molar-refractivity contribution in [1.82, 2.24) is 0 Å². The number of rotatable bonds is 3. The predicted octanol–water partition coefficient (Wildman–Crippen LogP) is 3.65. The van der Waals surface area contributed by atoms with Crippen LogP contribution in [-0.4, -0.2) is 20.0 Å². The fraction of sp³-hybridized carbons (Fsp3) is 0.562. The van der Waals surface area contributed by atoms with Gasteiger partial charge in [0.1, 0.15) is 0 Å². The molecule has 0 unspecified atom stereocenters. The Morgan fingerprint density at radius 3 is 2.37 bits per heavy atom. The van der Waals surface area contributed by atoms with E-state index in [-0.39, 0.29) is 5.78 Å². The van der Waals surface area contributed by atoms with Gasteiger partial charge in [-0.05, 0) is 50.2 Å². The first-order valence-electron chi connectivity index (χ1n) is 6.81. The van der Waals surface area contributed by atoms with Crippen LogP contribution in [-0.2, 0) is 6.42 Å². The number of fused-ring (bicyclic) bond motifs is 1. The first-order valence-corrected chi connectivity index (χ1v) is 6.81. The maximum absolute atomic E-state index is 12.0. The number of hydrogen-bond donors (Lipinski definition) is 0. The molecule has 0 amide bonds. The summed E-state index contributed by atoms with van der Waals surface area (Å²) in [4.78, 5) is 12.0. The number of ketones is 1. The van der Waals surface area contributed by atoms with E-state index in [1.54, 1.807) is 21.1 Å². The van der Waals surface area contributed by atoms with Gasteiger partial charge in [-0.2, -0.15) is 0 Å². The maximum atomic E-state index is 12.0. The van der Waals surface area contributed by atoms with Gasteiger partial charge in [0.05, 0.1) is 19.8 Å². The van der Waals surface area contributed by atoms with Crippen LogP contribution < -0.4 is 9.47 Å². The molecule has 0 N–H and O–H groups in total. The minimum absolute atomic E-state index is 0.0354. The molecule has 0 saturated heterocycles. The number of methoxy groups -OCH3 is 2. The Morgan fingerprint density at radius 2 is 1.84 bits per heavy atom. The summed E-state index contributed by atoms with van der Waals surface area (Å²) in [5.74, 6) is 1.86. The van der Waals surface area contributed by atoms with E-state index < -0.39 is 0 Å². The van der Waals surface area contributed by atoms with Crippen molar-refractivity contribution in [2.24, 2.45) is 0 Å². The van der Waals surface area contributed by atoms with Crippen LogP contribution >= 0.6 is 0 Å². The molecule has 1 aliphatic rings. The lowest BCUT2D eigenvalue weighted by molar-refractivity contribution is 0.101. The van der Waals surface area contributed by atoms with Crippen LogP contribution in [0, 0.1) is 6.92 Å². The number of benzene rings is 1. The Hall–Kier alpha value is -1.51. The first-order chi connectivity index (χ1) is 9.02. The zero-order valence-electron chi connectivity index (χ0n) is 12.4. The van der Waals surface area contributed by atoms with Gasteiger partial charge in [0.25, 0.3) is 0 Å². The Balaban J connectivity index is 2.84. The van der Waals surface area contributed by atoms with Crippen LogP contribution in [0.15, 0.2) is 0 Å². The molecule has 2 rings (SSSR count). The predicted molar refractivity (Wildman–Crippen MR) is 75.6 cm³/mol. The van der Waals surface area contributed by atoms with E-state index in [9.17, 15) is 4.79 Å². The molecule has 0 saturated carbocycles. The summed E-state index contributed by atoms with van der Waals surface area (Å²) in [6.45, 7) is 5.84. The summed E-state index contributed by atoms with van der Waals surface area (Å²) in [7, 11) is 3.25. The van der Waals surface area contributed by atoms with Gasteiger partial charge in [0, 0.05) is 5.56 Å². The van der Waals surface area contributed by atoms with Crippen LogP contribution in [0.3, 0.4) is 0 Å². The molecule has 0 fully saturated rings. The van der Waals surface area contributed by atoms with Crippen molar-refractivity contribution < 1.29 is 14.3 Å². The summed E-state index contributed by atoms with van der Waals surface area (Å²) in [6.07, 6.45) is 3.32. The molecule has 0 aliphatic heterocycles. The molecule has 3 nitrogen and oxygen atoms in total. The van der Waals surface area contributed by atoms with Crippen LogP contribution in [0.2, 0.25) is 0 Å². The number of carbonyl (C=O) groups is 1. The lowest BCUT2D eigenvalue weighted by Gasteiger charge is -2.29. The molecule has 0 heterocycles. The van der Waals surface area contributed by atoms with E-state index in [1.807, 2.05) is 6.92 Å². The average Bonchev–Trinajstić information content (AvgIpc) is 2.37. The van der Waals surface area contributed by atoms with Gasteiger partial charge in [-0.1, -0.05) is 6.92 Å². The Labute approximate surface area is 114 Å². The molecular formula is C16H22O3. The van der Waals surface area contributed by atoms with Crippen molar-refractivity contribution >= 4 is 5.78 Å². The van der Waals surface area contributed by atoms with Crippen LogP contribution in [0.25, 0.3) is 0 Å². The third-order valence-electron chi connectivity index (χ3n) is 4.13. The smallest absolute Gasteiger partial charge is 0.172 e. The van der Waals surface area contributed by atoms with Gasteiger partial charge in [-0.3, -0.25) is 4.79 Å². The molecule has 0 spiro atoms. The third kappa shape index (κ3) is 2.11. The lowest BCUT2D eigenvalue weighted by Crippen LogP contribution is -2.15. The highest BCUT2D eigenvalue weighted by Gasteiger charge is 2.29. The number of carbonyl (C=O) groups excluding carboxylic acids is 1. The third-order valence-corrected chi connectivity index (χ3v) is 4.13. The summed E-state index contributed by atoms with van der Waals surface area (Å²) >= 11 is 0. The summed E-state index contributed by atoms with van der Waals surface area (Å²) in [5, 5.41) is 0. The first kappa shape index (κ1) is 13.9. The molecule has 1 aromatic carbocycles. The Bertz CT molecular complexity index is 517. The highest BCUT2D eigenvalue weighted by Crippen LogP contribution is 2.46. The molecule has 104 valence electrons. The molecule has 0 aromatic heterocycles. The minimum atomic E-state index is 0.0354. The Kier molecular flexibility index (Phi) is 3.83. The zero-order valence-corrected chi connectivity index (χ0v) is 12.4. The number of hydrogen-bond acceptors (Lipinski definition) is 3. The summed E-state index contributed by atoms with van der Waals surface area (Å²) < 4.78 is 11.0. The topological polar surface area (TPSA) is 35.5 Å². The van der Waals surface area contributed by atoms with Crippen molar-refractivity contribution in [1.29, 1.82) is 0 Å². The number of Topliss-reactive ketones (excluding diaryl/α,β-unsaturated/α-hetero) is 1. The van der Waals surface area contributed by atoms with E-state index in [0.29, 0.717) is 17.2 Å². The zero-order chi connectivity index (χ0) is 14.2. The molecule has 19 heavy (non-hydrogen) atoms. The molecule has 1 atom stereocenters. The normalized spacial score (nSPS) is 17.8. The van der Waals surface area contributed by atoms with E-state index >= 15 is 0 Å². The second-order valence-corrected chi connectivity index (χ2v) is 5.31. The highest BCUT2D eigenvalue weighted by molar-refractivity contribution is 6.00. The van der Waals surface area contributed by atoms with Crippen molar-refractivity contribution in [2.75, 3.05) is 14.2 Å². The molecule has 0 radical (unpaired) electrons. The maximum Gasteiger partial charge on any atom is 0.172 e. The van der Waals surface area contributed by atoms with Crippen LogP contribution in [0.5, 0.6) is 11.5 Å². The Morgan fingerprint density at radius 1 is 1.21 bits per heavy atom. The molecular weight excluding hydrogens is 240 g/mol. The van der Waals surface area contributed by atoms with Gasteiger partial charge in [0.15, 0.2) is 17.3 Å². The van der Waals surface area contributed by atoms with Crippen molar-refractivity contribution in [3.8, 4) is 11.5 Å². The van der Waals surface area contributed by atoms with Gasteiger partial charge in [-0.15, -0.1) is 0 Å². The van der Waals surface area contributed by atoms with E-state index in [2.05, 4.69) is 6.92 Å². The largest absolute Gasteiger partial charge is 0.493 e. The standard InChI is InChI=1S/C16H22O3/c1-9-7-6-8-12-13(9)10(2)14(11(3)17)16(19-5)15(12)18-4/h9H,6-8H2,1-5H3/t9-/m0/s1. The van der Waals surface area contributed by atoms with Crippen LogP contribution in [0.4, 0.5) is 0 Å². The van der Waals surface area contributed by atoms with Crippen molar-refractivity contribution in [3.05, 3.63) is 22.3 Å². The molecule has 1 aliphatic carbocycles. The lowest BCUT2D eigenvalue weighted by atomic mass is 9.78. The van der Waals surface area contributed by atoms with Crippen molar-refractivity contribution in [2.45, 2.75) is 46.0 Å². The van der Waals surface area contributed by atoms with E-state index in [4.69, 9.17) is 9.47 Å². The second-order valence-electron chi connectivity index (χ2n) is 5.31. The van der Waals surface area contributed by atoms with Gasteiger partial charge >= 0.3 is 0 Å². The fourth-order valence-corrected chi connectivity index (χ4v) is 3.38. The van der Waals surface area contributed by atoms with Gasteiger partial charge in [0.2, 0.25) is 0 Å². The van der Waals surface area contributed by atoms with Crippen LogP contribution in [0.1, 0.15) is 59.7 Å². The van der Waals surface area contributed by atoms with E-state index in [0.717, 1.165) is 24.2 Å². The van der Waals surface area contributed by atoms with Gasteiger partial charge in [-0.25, -0.2) is 0 Å². The van der Waals surface area contributed by atoms with E-state index in [1.165, 1.54) is 17.5 Å². The average molecular weight is 262 g/mol. The monoisotopic (exact) mass is 262 g/mol. The molecule has 1 aromatic rings.